The van der Waals surface area contributed by atoms with Crippen molar-refractivity contribution in [1.29, 1.82) is 0 Å². The van der Waals surface area contributed by atoms with Crippen molar-refractivity contribution in [2.24, 2.45) is 0 Å². The van der Waals surface area contributed by atoms with E-state index in [1.165, 1.54) is 6.07 Å². The van der Waals surface area contributed by atoms with Gasteiger partial charge in [-0.2, -0.15) is 8.78 Å². The largest absolute Gasteiger partial charge is 0.481 e. The van der Waals surface area contributed by atoms with E-state index in [4.69, 9.17) is 5.11 Å². The van der Waals surface area contributed by atoms with Gasteiger partial charge in [-0.15, -0.1) is 0 Å². The topological polar surface area (TPSA) is 89.7 Å². The number of aliphatic carboxylic acids is 1. The molecule has 19 heavy (non-hydrogen) atoms. The second-order valence-corrected chi connectivity index (χ2v) is 4.00. The van der Waals surface area contributed by atoms with E-state index in [-0.39, 0.29) is 10.9 Å². The summed E-state index contributed by atoms with van der Waals surface area (Å²) in [6.45, 7) is -3.23. The fraction of sp³-hybridized carbons (Fsp3) is 0.300. The third-order valence-corrected chi connectivity index (χ3v) is 2.76. The Kier molecular flexibility index (Phi) is 5.16. The first kappa shape index (κ1) is 15.3. The second kappa shape index (κ2) is 6.41. The first-order valence-electron chi connectivity index (χ1n) is 4.88. The molecule has 0 amide bonds. The molecular formula is C10H8BrF2NO5. The molecule has 0 aliphatic carbocycles. The lowest BCUT2D eigenvalue weighted by atomic mass is 10.1. The predicted octanol–water partition coefficient (Wildman–Crippen LogP) is 2.72. The second-order valence-electron chi connectivity index (χ2n) is 3.44. The number of hydrogen-bond acceptors (Lipinski definition) is 4. The zero-order chi connectivity index (χ0) is 14.6. The highest BCUT2D eigenvalue weighted by molar-refractivity contribution is 9.08. The molecule has 1 rings (SSSR count). The summed E-state index contributed by atoms with van der Waals surface area (Å²) >= 11 is 3.06. The average molecular weight is 340 g/mol. The van der Waals surface area contributed by atoms with E-state index in [9.17, 15) is 23.7 Å². The van der Waals surface area contributed by atoms with Crippen molar-refractivity contribution in [3.63, 3.8) is 0 Å². The number of ether oxygens (including phenoxy) is 1. The lowest BCUT2D eigenvalue weighted by Gasteiger charge is -2.10. The van der Waals surface area contributed by atoms with Crippen molar-refractivity contribution >= 4 is 27.6 Å². The first-order chi connectivity index (χ1) is 8.85. The van der Waals surface area contributed by atoms with Crippen LogP contribution in [0.3, 0.4) is 0 Å². The maximum absolute atomic E-state index is 12.2. The minimum absolute atomic E-state index is 0.190. The Morgan fingerprint density at radius 3 is 2.58 bits per heavy atom. The summed E-state index contributed by atoms with van der Waals surface area (Å²) in [4.78, 5) is 20.6. The van der Waals surface area contributed by atoms with Gasteiger partial charge in [0.2, 0.25) is 5.75 Å². The molecule has 0 unspecified atom stereocenters. The van der Waals surface area contributed by atoms with Crippen LogP contribution in [0.2, 0.25) is 0 Å². The van der Waals surface area contributed by atoms with Crippen molar-refractivity contribution < 1.29 is 28.3 Å². The molecule has 9 heteroatoms. The van der Waals surface area contributed by atoms with E-state index in [1.807, 2.05) is 0 Å². The van der Waals surface area contributed by atoms with Crippen LogP contribution in [-0.2, 0) is 16.5 Å². The molecular weight excluding hydrogens is 332 g/mol. The molecule has 0 radical (unpaired) electrons. The van der Waals surface area contributed by atoms with E-state index in [0.717, 1.165) is 6.07 Å². The van der Waals surface area contributed by atoms with Gasteiger partial charge in [0.1, 0.15) is 0 Å². The number of halogens is 3. The molecule has 0 bridgehead atoms. The number of carboxylic acids is 1. The molecule has 6 nitrogen and oxygen atoms in total. The molecule has 0 atom stereocenters. The highest BCUT2D eigenvalue weighted by Gasteiger charge is 2.25. The average Bonchev–Trinajstić information content (AvgIpc) is 2.25. The van der Waals surface area contributed by atoms with E-state index in [0.29, 0.717) is 5.56 Å². The summed E-state index contributed by atoms with van der Waals surface area (Å²) in [5, 5.41) is 19.8. The fourth-order valence-corrected chi connectivity index (χ4v) is 1.82. The number of hydrogen-bond donors (Lipinski definition) is 1. The third kappa shape index (κ3) is 4.12. The Labute approximate surface area is 114 Å². The molecule has 0 aliphatic heterocycles. The van der Waals surface area contributed by atoms with Crippen LogP contribution in [0.15, 0.2) is 12.1 Å². The van der Waals surface area contributed by atoms with Crippen molar-refractivity contribution in [2.45, 2.75) is 18.4 Å². The Bertz CT molecular complexity index is 509. The van der Waals surface area contributed by atoms with Crippen LogP contribution >= 0.6 is 15.9 Å². The number of rotatable bonds is 6. The zero-order valence-corrected chi connectivity index (χ0v) is 10.9. The van der Waals surface area contributed by atoms with E-state index in [1.54, 1.807) is 0 Å². The van der Waals surface area contributed by atoms with Crippen LogP contribution in [0.5, 0.6) is 5.75 Å². The number of nitrogens with zero attached hydrogens (tertiary/aromatic N) is 1. The van der Waals surface area contributed by atoms with Gasteiger partial charge in [0, 0.05) is 10.9 Å². The molecule has 1 aromatic rings. The van der Waals surface area contributed by atoms with E-state index in [2.05, 4.69) is 20.7 Å². The molecule has 0 aromatic heterocycles. The van der Waals surface area contributed by atoms with Crippen LogP contribution in [-0.4, -0.2) is 22.6 Å². The number of carboxylic acid groups (broad SMARTS) is 1. The maximum Gasteiger partial charge on any atom is 0.387 e. The van der Waals surface area contributed by atoms with Crippen LogP contribution < -0.4 is 4.74 Å². The Morgan fingerprint density at radius 2 is 2.16 bits per heavy atom. The summed E-state index contributed by atoms with van der Waals surface area (Å²) in [7, 11) is 0. The van der Waals surface area contributed by atoms with Crippen molar-refractivity contribution in [3.8, 4) is 5.75 Å². The van der Waals surface area contributed by atoms with Crippen LogP contribution in [0.4, 0.5) is 14.5 Å². The van der Waals surface area contributed by atoms with Crippen molar-refractivity contribution in [1.82, 2.24) is 0 Å². The molecule has 1 aromatic carbocycles. The fourth-order valence-electron chi connectivity index (χ4n) is 1.50. The summed E-state index contributed by atoms with van der Waals surface area (Å²) in [6.07, 6.45) is -0.656. The minimum atomic E-state index is -3.23. The van der Waals surface area contributed by atoms with Gasteiger partial charge in [0.25, 0.3) is 0 Å². The molecule has 0 heterocycles. The predicted molar refractivity (Wildman–Crippen MR) is 63.7 cm³/mol. The Hall–Kier alpha value is -1.77. The van der Waals surface area contributed by atoms with Crippen LogP contribution in [0.1, 0.15) is 11.1 Å². The maximum atomic E-state index is 12.2. The summed E-state index contributed by atoms with van der Waals surface area (Å²) in [6, 6.07) is 2.34. The van der Waals surface area contributed by atoms with Gasteiger partial charge < -0.3 is 9.84 Å². The SMILES string of the molecule is O=C(O)Cc1cc(CBr)cc(OC(F)F)c1[N+](=O)[O-]. The lowest BCUT2D eigenvalue weighted by Crippen LogP contribution is -2.09. The van der Waals surface area contributed by atoms with Crippen molar-refractivity contribution in [3.05, 3.63) is 33.4 Å². The smallest absolute Gasteiger partial charge is 0.387 e. The molecule has 104 valence electrons. The lowest BCUT2D eigenvalue weighted by molar-refractivity contribution is -0.387. The van der Waals surface area contributed by atoms with Crippen LogP contribution in [0.25, 0.3) is 0 Å². The van der Waals surface area contributed by atoms with Gasteiger partial charge in [-0.3, -0.25) is 14.9 Å². The first-order valence-corrected chi connectivity index (χ1v) is 6.00. The molecule has 0 spiro atoms. The Morgan fingerprint density at radius 1 is 1.53 bits per heavy atom. The van der Waals surface area contributed by atoms with Gasteiger partial charge in [0.05, 0.1) is 11.3 Å². The van der Waals surface area contributed by atoms with Gasteiger partial charge in [0.15, 0.2) is 0 Å². The van der Waals surface area contributed by atoms with Crippen LogP contribution in [0, 0.1) is 10.1 Å². The van der Waals surface area contributed by atoms with E-state index < -0.39 is 35.4 Å². The number of benzene rings is 1. The van der Waals surface area contributed by atoms with Gasteiger partial charge in [-0.25, -0.2) is 0 Å². The standard InChI is InChI=1S/C10H8BrF2NO5/c11-4-5-1-6(3-8(15)16)9(14(17)18)7(2-5)19-10(12)13/h1-2,10H,3-4H2,(H,15,16). The molecule has 0 aliphatic rings. The quantitative estimate of drug-likeness (QED) is 0.489. The highest BCUT2D eigenvalue weighted by atomic mass is 79.9. The zero-order valence-electron chi connectivity index (χ0n) is 9.31. The van der Waals surface area contributed by atoms with Gasteiger partial charge in [-0.05, 0) is 17.7 Å². The summed E-state index contributed by atoms with van der Waals surface area (Å²) in [5.41, 5.74) is -0.546. The monoisotopic (exact) mass is 339 g/mol. The molecule has 0 saturated carbocycles. The Balaban J connectivity index is 3.40. The third-order valence-electron chi connectivity index (χ3n) is 2.11. The molecule has 0 fully saturated rings. The van der Waals surface area contributed by atoms with Gasteiger partial charge >= 0.3 is 18.3 Å². The number of alkyl halides is 3. The number of nitro groups is 1. The molecule has 0 saturated heterocycles. The summed E-state index contributed by atoms with van der Waals surface area (Å²) < 4.78 is 28.5. The number of carbonyl (C=O) groups is 1. The van der Waals surface area contributed by atoms with E-state index >= 15 is 0 Å². The highest BCUT2D eigenvalue weighted by Crippen LogP contribution is 2.34. The minimum Gasteiger partial charge on any atom is -0.481 e. The van der Waals surface area contributed by atoms with Crippen molar-refractivity contribution in [2.75, 3.05) is 0 Å². The molecule has 1 N–H and O–H groups in total. The van der Waals surface area contributed by atoms with Gasteiger partial charge in [-0.1, -0.05) is 15.9 Å². The summed E-state index contributed by atoms with van der Waals surface area (Å²) in [5.74, 6) is -1.95. The number of nitro benzene ring substituents is 1. The normalized spacial score (nSPS) is 10.5.